The van der Waals surface area contributed by atoms with Crippen LogP contribution >= 0.6 is 0 Å². The third kappa shape index (κ3) is 1.94. The fourth-order valence-electron chi connectivity index (χ4n) is 1.53. The lowest BCUT2D eigenvalue weighted by atomic mass is 10.1. The van der Waals surface area contributed by atoms with E-state index in [0.29, 0.717) is 0 Å². The second-order valence-corrected chi connectivity index (χ2v) is 3.58. The van der Waals surface area contributed by atoms with Crippen LogP contribution in [0.4, 0.5) is 27.8 Å². The molecule has 2 heterocycles. The summed E-state index contributed by atoms with van der Waals surface area (Å²) in [6.45, 7) is -1.43. The molecule has 1 fully saturated rings. The van der Waals surface area contributed by atoms with E-state index in [1.54, 1.807) is 0 Å². The zero-order valence-corrected chi connectivity index (χ0v) is 7.93. The van der Waals surface area contributed by atoms with E-state index in [0.717, 1.165) is 23.2 Å². The average molecular weight is 238 g/mol. The van der Waals surface area contributed by atoms with E-state index in [-0.39, 0.29) is 0 Å². The molecule has 16 heavy (non-hydrogen) atoms. The molecule has 1 aromatic heterocycles. The minimum atomic E-state index is -4.57. The summed E-state index contributed by atoms with van der Waals surface area (Å²) in [4.78, 5) is 4.42. The van der Waals surface area contributed by atoms with Crippen LogP contribution in [0.15, 0.2) is 18.3 Å². The number of anilines is 1. The molecule has 0 unspecified atom stereocenters. The minimum absolute atomic E-state index is 0.430. The van der Waals surface area contributed by atoms with Gasteiger partial charge in [-0.2, -0.15) is 13.2 Å². The molecule has 0 aliphatic carbocycles. The summed E-state index contributed by atoms with van der Waals surface area (Å²) in [6, 6.07) is 1.96. The van der Waals surface area contributed by atoms with Crippen molar-refractivity contribution in [2.75, 3.05) is 18.0 Å². The smallest absolute Gasteiger partial charge is 0.344 e. The van der Waals surface area contributed by atoms with Crippen LogP contribution < -0.4 is 4.90 Å². The van der Waals surface area contributed by atoms with Gasteiger partial charge >= 0.3 is 6.18 Å². The summed E-state index contributed by atoms with van der Waals surface area (Å²) in [5.41, 5.74) is -0.981. The average Bonchev–Trinajstić information content (AvgIpc) is 2.12. The van der Waals surface area contributed by atoms with Crippen LogP contribution in [0.25, 0.3) is 0 Å². The number of pyridine rings is 1. The van der Waals surface area contributed by atoms with Crippen LogP contribution in [0.2, 0.25) is 0 Å². The van der Waals surface area contributed by atoms with E-state index < -0.39 is 36.6 Å². The summed E-state index contributed by atoms with van der Waals surface area (Å²) in [6.07, 6.45) is -3.42. The van der Waals surface area contributed by atoms with Crippen LogP contribution in [-0.4, -0.2) is 24.0 Å². The first-order valence-electron chi connectivity index (χ1n) is 4.45. The Morgan fingerprint density at radius 1 is 1.25 bits per heavy atom. The highest BCUT2D eigenvalue weighted by Gasteiger charge is 2.47. The lowest BCUT2D eigenvalue weighted by Gasteiger charge is -2.40. The Bertz CT molecular complexity index is 393. The normalized spacial score (nSPS) is 19.4. The number of nitrogens with zero attached hydrogens (tertiary/aromatic N) is 2. The molecule has 0 aromatic carbocycles. The van der Waals surface area contributed by atoms with Gasteiger partial charge in [-0.1, -0.05) is 0 Å². The molecule has 0 radical (unpaired) electrons. The molecule has 1 aliphatic heterocycles. The maximum Gasteiger partial charge on any atom is 0.419 e. The predicted molar refractivity (Wildman–Crippen MR) is 46.4 cm³/mol. The van der Waals surface area contributed by atoms with Gasteiger partial charge in [-0.25, -0.2) is 13.8 Å². The Kier molecular flexibility index (Phi) is 2.28. The van der Waals surface area contributed by atoms with E-state index in [4.69, 9.17) is 0 Å². The quantitative estimate of drug-likeness (QED) is 0.699. The van der Waals surface area contributed by atoms with Crippen molar-refractivity contribution in [1.82, 2.24) is 4.98 Å². The monoisotopic (exact) mass is 238 g/mol. The number of hydrogen-bond donors (Lipinski definition) is 0. The molecule has 0 spiro atoms. The van der Waals surface area contributed by atoms with Crippen molar-refractivity contribution in [3.8, 4) is 0 Å². The second-order valence-electron chi connectivity index (χ2n) is 3.58. The van der Waals surface area contributed by atoms with Gasteiger partial charge < -0.3 is 4.90 Å². The van der Waals surface area contributed by atoms with Crippen molar-refractivity contribution in [3.05, 3.63) is 23.9 Å². The first-order chi connectivity index (χ1) is 7.30. The van der Waals surface area contributed by atoms with Gasteiger partial charge in [-0.3, -0.25) is 0 Å². The van der Waals surface area contributed by atoms with E-state index in [1.165, 1.54) is 0 Å². The summed E-state index contributed by atoms with van der Waals surface area (Å²) in [5, 5.41) is 0. The van der Waals surface area contributed by atoms with Gasteiger partial charge in [0.25, 0.3) is 5.92 Å². The molecule has 0 atom stereocenters. The Morgan fingerprint density at radius 2 is 1.88 bits per heavy atom. The van der Waals surface area contributed by atoms with Crippen molar-refractivity contribution in [2.24, 2.45) is 0 Å². The maximum atomic E-state index is 12.6. The summed E-state index contributed by atoms with van der Waals surface area (Å²) < 4.78 is 62.6. The lowest BCUT2D eigenvalue weighted by molar-refractivity contribution is -0.137. The molecule has 2 nitrogen and oxygen atoms in total. The van der Waals surface area contributed by atoms with Crippen molar-refractivity contribution >= 4 is 5.82 Å². The van der Waals surface area contributed by atoms with Crippen molar-refractivity contribution < 1.29 is 22.0 Å². The molecule has 1 aromatic rings. The Morgan fingerprint density at radius 3 is 2.38 bits per heavy atom. The Balaban J connectivity index is 2.29. The number of hydrogen-bond acceptors (Lipinski definition) is 2. The molecule has 0 saturated carbocycles. The molecule has 0 N–H and O–H groups in total. The molecule has 1 aliphatic rings. The SMILES string of the molecule is FC1(F)CN(c2ncccc2C(F)(F)F)C1. The van der Waals surface area contributed by atoms with Gasteiger partial charge in [-0.05, 0) is 12.1 Å². The van der Waals surface area contributed by atoms with E-state index in [9.17, 15) is 22.0 Å². The lowest BCUT2D eigenvalue weighted by Crippen LogP contribution is -2.57. The first-order valence-corrected chi connectivity index (χ1v) is 4.45. The van der Waals surface area contributed by atoms with Gasteiger partial charge in [0, 0.05) is 6.20 Å². The van der Waals surface area contributed by atoms with Crippen molar-refractivity contribution in [2.45, 2.75) is 12.1 Å². The van der Waals surface area contributed by atoms with Crippen LogP contribution in [-0.2, 0) is 6.18 Å². The van der Waals surface area contributed by atoms with Crippen LogP contribution in [0.1, 0.15) is 5.56 Å². The summed E-state index contributed by atoms with van der Waals surface area (Å²) >= 11 is 0. The molecule has 2 rings (SSSR count). The van der Waals surface area contributed by atoms with Gasteiger partial charge in [0.1, 0.15) is 5.82 Å². The topological polar surface area (TPSA) is 16.1 Å². The Hall–Kier alpha value is -1.40. The van der Waals surface area contributed by atoms with Gasteiger partial charge in [0.2, 0.25) is 0 Å². The number of rotatable bonds is 1. The van der Waals surface area contributed by atoms with E-state index in [2.05, 4.69) is 4.98 Å². The Labute approximate surface area is 87.7 Å². The predicted octanol–water partition coefficient (Wildman–Crippen LogP) is 2.56. The highest BCUT2D eigenvalue weighted by Crippen LogP contribution is 2.39. The number of halogens is 5. The van der Waals surface area contributed by atoms with Crippen molar-refractivity contribution in [3.63, 3.8) is 0 Å². The largest absolute Gasteiger partial charge is 0.419 e. The minimum Gasteiger partial charge on any atom is -0.344 e. The molecule has 1 saturated heterocycles. The molecular formula is C9H7F5N2. The number of aromatic nitrogens is 1. The molecule has 0 amide bonds. The fourth-order valence-corrected chi connectivity index (χ4v) is 1.53. The van der Waals surface area contributed by atoms with Gasteiger partial charge in [0.15, 0.2) is 0 Å². The van der Waals surface area contributed by atoms with Crippen LogP contribution in [0.3, 0.4) is 0 Å². The van der Waals surface area contributed by atoms with E-state index >= 15 is 0 Å². The zero-order chi connectivity index (χ0) is 12.0. The zero-order valence-electron chi connectivity index (χ0n) is 7.93. The maximum absolute atomic E-state index is 12.6. The first kappa shape index (κ1) is 11.1. The molecular weight excluding hydrogens is 231 g/mol. The van der Waals surface area contributed by atoms with Gasteiger partial charge in [0.05, 0.1) is 18.7 Å². The van der Waals surface area contributed by atoms with Crippen LogP contribution in [0, 0.1) is 0 Å². The molecule has 88 valence electrons. The second kappa shape index (κ2) is 3.29. The summed E-state index contributed by atoms with van der Waals surface area (Å²) in [5.74, 6) is -3.35. The van der Waals surface area contributed by atoms with Gasteiger partial charge in [-0.15, -0.1) is 0 Å². The fraction of sp³-hybridized carbons (Fsp3) is 0.444. The number of alkyl halides is 5. The molecule has 7 heteroatoms. The molecule has 0 bridgehead atoms. The van der Waals surface area contributed by atoms with E-state index in [1.807, 2.05) is 0 Å². The van der Waals surface area contributed by atoms with Crippen molar-refractivity contribution in [1.29, 1.82) is 0 Å². The third-order valence-corrected chi connectivity index (χ3v) is 2.24. The summed E-state index contributed by atoms with van der Waals surface area (Å²) in [7, 11) is 0. The highest BCUT2D eigenvalue weighted by molar-refractivity contribution is 5.51. The van der Waals surface area contributed by atoms with Crippen LogP contribution in [0.5, 0.6) is 0 Å². The third-order valence-electron chi connectivity index (χ3n) is 2.24. The standard InChI is InChI=1S/C9H7F5N2/c10-8(11)4-16(5-8)7-6(9(12,13)14)2-1-3-15-7/h1-3H,4-5H2. The highest BCUT2D eigenvalue weighted by atomic mass is 19.4.